The van der Waals surface area contributed by atoms with Crippen LogP contribution >= 0.6 is 11.6 Å². The maximum absolute atomic E-state index is 11.7. The van der Waals surface area contributed by atoms with Gasteiger partial charge in [-0.15, -0.1) is 11.6 Å². The average molecular weight is 249 g/mol. The lowest BCUT2D eigenvalue weighted by Gasteiger charge is -2.11. The third-order valence-electron chi connectivity index (χ3n) is 2.58. The second-order valence-corrected chi connectivity index (χ2v) is 4.13. The molecule has 17 heavy (non-hydrogen) atoms. The molecule has 0 amide bonds. The Morgan fingerprint density at radius 2 is 2.00 bits per heavy atom. The van der Waals surface area contributed by atoms with Crippen LogP contribution in [0.5, 0.6) is 5.75 Å². The lowest BCUT2D eigenvalue weighted by molar-refractivity contribution is 0.101. The standard InChI is InChI=1S/C14H13ClO2/c1-10(16)14-12-5-3-2-4-11(12)6-7-13(14)17-9-8-15/h2-7H,8-9H2,1H3. The highest BCUT2D eigenvalue weighted by atomic mass is 35.5. The molecule has 0 spiro atoms. The van der Waals surface area contributed by atoms with E-state index in [1.54, 1.807) is 6.92 Å². The van der Waals surface area contributed by atoms with Crippen molar-refractivity contribution in [2.24, 2.45) is 0 Å². The van der Waals surface area contributed by atoms with Gasteiger partial charge in [0.15, 0.2) is 5.78 Å². The first kappa shape index (κ1) is 11.9. The molecule has 0 fully saturated rings. The van der Waals surface area contributed by atoms with Gasteiger partial charge in [0.05, 0.1) is 11.4 Å². The molecule has 0 saturated carbocycles. The quantitative estimate of drug-likeness (QED) is 0.610. The molecular formula is C14H13ClO2. The summed E-state index contributed by atoms with van der Waals surface area (Å²) in [5.41, 5.74) is 0.633. The van der Waals surface area contributed by atoms with Crippen LogP contribution in [0.2, 0.25) is 0 Å². The van der Waals surface area contributed by atoms with Gasteiger partial charge in [-0.2, -0.15) is 0 Å². The number of rotatable bonds is 4. The van der Waals surface area contributed by atoms with E-state index in [2.05, 4.69) is 0 Å². The summed E-state index contributed by atoms with van der Waals surface area (Å²) in [5, 5.41) is 1.96. The van der Waals surface area contributed by atoms with Gasteiger partial charge in [-0.05, 0) is 23.8 Å². The molecule has 3 heteroatoms. The molecule has 2 aromatic carbocycles. The van der Waals surface area contributed by atoms with Crippen LogP contribution in [0, 0.1) is 0 Å². The van der Waals surface area contributed by atoms with Gasteiger partial charge in [0.25, 0.3) is 0 Å². The van der Waals surface area contributed by atoms with Crippen molar-refractivity contribution in [2.45, 2.75) is 6.92 Å². The molecular weight excluding hydrogens is 236 g/mol. The molecule has 0 aliphatic heterocycles. The molecule has 0 saturated heterocycles. The number of benzene rings is 2. The number of hydrogen-bond acceptors (Lipinski definition) is 2. The number of Topliss-reactive ketones (excluding diaryl/α,β-unsaturated/α-hetero) is 1. The second kappa shape index (κ2) is 5.19. The number of ether oxygens (including phenoxy) is 1. The van der Waals surface area contributed by atoms with Crippen molar-refractivity contribution in [3.63, 3.8) is 0 Å². The maximum Gasteiger partial charge on any atom is 0.164 e. The van der Waals surface area contributed by atoms with Gasteiger partial charge in [-0.3, -0.25) is 4.79 Å². The molecule has 0 N–H and O–H groups in total. The van der Waals surface area contributed by atoms with E-state index in [0.717, 1.165) is 10.8 Å². The zero-order valence-corrected chi connectivity index (χ0v) is 10.3. The first-order valence-electron chi connectivity index (χ1n) is 5.45. The number of hydrogen-bond donors (Lipinski definition) is 0. The molecule has 0 radical (unpaired) electrons. The predicted octanol–water partition coefficient (Wildman–Crippen LogP) is 3.66. The Hall–Kier alpha value is -1.54. The average Bonchev–Trinajstić information content (AvgIpc) is 2.35. The van der Waals surface area contributed by atoms with Crippen molar-refractivity contribution in [2.75, 3.05) is 12.5 Å². The van der Waals surface area contributed by atoms with Gasteiger partial charge in [0, 0.05) is 0 Å². The Morgan fingerprint density at radius 1 is 1.24 bits per heavy atom. The van der Waals surface area contributed by atoms with Crippen molar-refractivity contribution in [3.8, 4) is 5.75 Å². The zero-order valence-electron chi connectivity index (χ0n) is 9.57. The minimum absolute atomic E-state index is 0.00590. The monoisotopic (exact) mass is 248 g/mol. The summed E-state index contributed by atoms with van der Waals surface area (Å²) in [5.74, 6) is 1.02. The van der Waals surface area contributed by atoms with Crippen LogP contribution in [0.3, 0.4) is 0 Å². The summed E-state index contributed by atoms with van der Waals surface area (Å²) in [6, 6.07) is 11.6. The van der Waals surface area contributed by atoms with Crippen molar-refractivity contribution < 1.29 is 9.53 Å². The Kier molecular flexibility index (Phi) is 3.64. The van der Waals surface area contributed by atoms with E-state index in [0.29, 0.717) is 23.8 Å². The highest BCUT2D eigenvalue weighted by Gasteiger charge is 2.12. The first-order chi connectivity index (χ1) is 8.24. The largest absolute Gasteiger partial charge is 0.492 e. The van der Waals surface area contributed by atoms with Gasteiger partial charge in [-0.25, -0.2) is 0 Å². The summed E-state index contributed by atoms with van der Waals surface area (Å²) in [6.07, 6.45) is 0. The number of carbonyl (C=O) groups excluding carboxylic acids is 1. The van der Waals surface area contributed by atoms with E-state index in [4.69, 9.17) is 16.3 Å². The molecule has 0 aliphatic rings. The van der Waals surface area contributed by atoms with E-state index in [9.17, 15) is 4.79 Å². The maximum atomic E-state index is 11.7. The fraction of sp³-hybridized carbons (Fsp3) is 0.214. The molecule has 0 bridgehead atoms. The van der Waals surface area contributed by atoms with E-state index >= 15 is 0 Å². The molecule has 2 nitrogen and oxygen atoms in total. The van der Waals surface area contributed by atoms with Crippen LogP contribution in [0.1, 0.15) is 17.3 Å². The Balaban J connectivity index is 2.60. The number of ketones is 1. The smallest absolute Gasteiger partial charge is 0.164 e. The normalized spacial score (nSPS) is 10.5. The minimum atomic E-state index is 0.00590. The predicted molar refractivity (Wildman–Crippen MR) is 70.2 cm³/mol. The summed E-state index contributed by atoms with van der Waals surface area (Å²) in [6.45, 7) is 1.95. The molecule has 0 aromatic heterocycles. The van der Waals surface area contributed by atoms with E-state index < -0.39 is 0 Å². The molecule has 0 atom stereocenters. The summed E-state index contributed by atoms with van der Waals surface area (Å²) in [4.78, 5) is 11.7. The van der Waals surface area contributed by atoms with Gasteiger partial charge in [0.2, 0.25) is 0 Å². The molecule has 0 aliphatic carbocycles. The molecule has 0 unspecified atom stereocenters. The highest BCUT2D eigenvalue weighted by Crippen LogP contribution is 2.28. The lowest BCUT2D eigenvalue weighted by Crippen LogP contribution is -2.04. The second-order valence-electron chi connectivity index (χ2n) is 3.75. The van der Waals surface area contributed by atoms with Crippen LogP contribution in [0.4, 0.5) is 0 Å². The van der Waals surface area contributed by atoms with Crippen molar-refractivity contribution in [1.82, 2.24) is 0 Å². The Bertz CT molecular complexity index is 549. The SMILES string of the molecule is CC(=O)c1c(OCCCl)ccc2ccccc12. The fourth-order valence-electron chi connectivity index (χ4n) is 1.88. The van der Waals surface area contributed by atoms with E-state index in [1.165, 1.54) is 0 Å². The van der Waals surface area contributed by atoms with Crippen LogP contribution in [-0.4, -0.2) is 18.3 Å². The van der Waals surface area contributed by atoms with E-state index in [1.807, 2.05) is 36.4 Å². The van der Waals surface area contributed by atoms with Crippen LogP contribution < -0.4 is 4.74 Å². The number of carbonyl (C=O) groups is 1. The van der Waals surface area contributed by atoms with Crippen molar-refractivity contribution >= 4 is 28.2 Å². The molecule has 88 valence electrons. The third kappa shape index (κ3) is 2.42. The topological polar surface area (TPSA) is 26.3 Å². The Morgan fingerprint density at radius 3 is 2.71 bits per heavy atom. The van der Waals surface area contributed by atoms with Gasteiger partial charge in [0.1, 0.15) is 12.4 Å². The highest BCUT2D eigenvalue weighted by molar-refractivity contribution is 6.18. The first-order valence-corrected chi connectivity index (χ1v) is 5.99. The fourth-order valence-corrected chi connectivity index (χ4v) is 1.96. The Labute approximate surface area is 105 Å². The summed E-state index contributed by atoms with van der Waals surface area (Å²) in [7, 11) is 0. The summed E-state index contributed by atoms with van der Waals surface area (Å²) < 4.78 is 5.50. The molecule has 2 aromatic rings. The minimum Gasteiger partial charge on any atom is -0.492 e. The van der Waals surface area contributed by atoms with E-state index in [-0.39, 0.29) is 5.78 Å². The lowest BCUT2D eigenvalue weighted by atomic mass is 10.0. The van der Waals surface area contributed by atoms with Crippen molar-refractivity contribution in [3.05, 3.63) is 42.0 Å². The van der Waals surface area contributed by atoms with Crippen LogP contribution in [-0.2, 0) is 0 Å². The van der Waals surface area contributed by atoms with Gasteiger partial charge >= 0.3 is 0 Å². The number of halogens is 1. The third-order valence-corrected chi connectivity index (χ3v) is 2.73. The molecule has 2 rings (SSSR count). The van der Waals surface area contributed by atoms with Crippen LogP contribution in [0.25, 0.3) is 10.8 Å². The zero-order chi connectivity index (χ0) is 12.3. The van der Waals surface area contributed by atoms with Crippen LogP contribution in [0.15, 0.2) is 36.4 Å². The van der Waals surface area contributed by atoms with Gasteiger partial charge in [-0.1, -0.05) is 30.3 Å². The summed E-state index contributed by atoms with van der Waals surface area (Å²) >= 11 is 5.59. The number of fused-ring (bicyclic) bond motifs is 1. The molecule has 0 heterocycles. The van der Waals surface area contributed by atoms with Crippen molar-refractivity contribution in [1.29, 1.82) is 0 Å². The number of alkyl halides is 1. The van der Waals surface area contributed by atoms with Gasteiger partial charge < -0.3 is 4.74 Å².